The van der Waals surface area contributed by atoms with Gasteiger partial charge in [-0.15, -0.1) is 0 Å². The quantitative estimate of drug-likeness (QED) is 0.679. The first kappa shape index (κ1) is 13.2. The van der Waals surface area contributed by atoms with Crippen LogP contribution in [0.5, 0.6) is 0 Å². The van der Waals surface area contributed by atoms with E-state index < -0.39 is 14.8 Å². The highest BCUT2D eigenvalue weighted by Crippen LogP contribution is 2.28. The standard InChI is InChI=1S/C11H11N3O4S/c1-2-19(17,18)10-7-12-13-11(10)8-4-3-5-9(6-8)14(15)16/h3-7H,2H2,1H3,(H,12,13). The molecule has 0 bridgehead atoms. The Hall–Kier alpha value is -2.22. The topological polar surface area (TPSA) is 106 Å². The average molecular weight is 281 g/mol. The molecule has 1 aromatic heterocycles. The van der Waals surface area contributed by atoms with Gasteiger partial charge in [-0.3, -0.25) is 15.2 Å². The van der Waals surface area contributed by atoms with Gasteiger partial charge in [-0.25, -0.2) is 8.42 Å². The van der Waals surface area contributed by atoms with Gasteiger partial charge in [-0.1, -0.05) is 19.1 Å². The summed E-state index contributed by atoms with van der Waals surface area (Å²) in [7, 11) is -3.43. The van der Waals surface area contributed by atoms with Crippen molar-refractivity contribution in [1.82, 2.24) is 10.2 Å². The second-order valence-electron chi connectivity index (χ2n) is 3.82. The second kappa shape index (κ2) is 4.81. The fraction of sp³-hybridized carbons (Fsp3) is 0.182. The Morgan fingerprint density at radius 3 is 2.79 bits per heavy atom. The van der Waals surface area contributed by atoms with Crippen molar-refractivity contribution >= 4 is 15.5 Å². The maximum absolute atomic E-state index is 11.9. The SMILES string of the molecule is CCS(=O)(=O)c1cn[nH]c1-c1cccc([N+](=O)[O-])c1. The molecule has 0 amide bonds. The van der Waals surface area contributed by atoms with Gasteiger partial charge in [0.25, 0.3) is 5.69 Å². The lowest BCUT2D eigenvalue weighted by Gasteiger charge is -2.03. The van der Waals surface area contributed by atoms with Gasteiger partial charge >= 0.3 is 0 Å². The van der Waals surface area contributed by atoms with E-state index in [1.54, 1.807) is 6.07 Å². The van der Waals surface area contributed by atoms with Crippen LogP contribution in [-0.4, -0.2) is 29.3 Å². The molecule has 19 heavy (non-hydrogen) atoms. The minimum Gasteiger partial charge on any atom is -0.276 e. The molecular formula is C11H11N3O4S. The molecule has 0 aliphatic heterocycles. The molecule has 2 aromatic rings. The van der Waals surface area contributed by atoms with E-state index in [0.717, 1.165) is 0 Å². The van der Waals surface area contributed by atoms with Gasteiger partial charge in [0.05, 0.1) is 22.6 Å². The molecule has 0 aliphatic carbocycles. The summed E-state index contributed by atoms with van der Waals surface area (Å²) in [6, 6.07) is 5.74. The Morgan fingerprint density at radius 2 is 2.16 bits per heavy atom. The summed E-state index contributed by atoms with van der Waals surface area (Å²) in [6.07, 6.45) is 1.22. The third kappa shape index (κ3) is 2.48. The Morgan fingerprint density at radius 1 is 1.42 bits per heavy atom. The van der Waals surface area contributed by atoms with Crippen molar-refractivity contribution in [3.63, 3.8) is 0 Å². The molecule has 0 aliphatic rings. The fourth-order valence-corrected chi connectivity index (χ4v) is 2.65. The van der Waals surface area contributed by atoms with Crippen molar-refractivity contribution in [2.24, 2.45) is 0 Å². The molecule has 0 fully saturated rings. The highest BCUT2D eigenvalue weighted by Gasteiger charge is 2.20. The van der Waals surface area contributed by atoms with Crippen LogP contribution in [0.4, 0.5) is 5.69 Å². The van der Waals surface area contributed by atoms with E-state index in [-0.39, 0.29) is 22.0 Å². The van der Waals surface area contributed by atoms with Crippen molar-refractivity contribution in [3.05, 3.63) is 40.6 Å². The Balaban J connectivity index is 2.58. The van der Waals surface area contributed by atoms with E-state index in [2.05, 4.69) is 10.2 Å². The highest BCUT2D eigenvalue weighted by molar-refractivity contribution is 7.91. The molecule has 0 radical (unpaired) electrons. The van der Waals surface area contributed by atoms with Gasteiger partial charge in [0.15, 0.2) is 9.84 Å². The molecule has 100 valence electrons. The normalized spacial score (nSPS) is 11.4. The summed E-state index contributed by atoms with van der Waals surface area (Å²) in [5.74, 6) is -0.0611. The number of nitrogens with one attached hydrogen (secondary N) is 1. The van der Waals surface area contributed by atoms with Crippen molar-refractivity contribution in [2.75, 3.05) is 5.75 Å². The lowest BCUT2D eigenvalue weighted by Crippen LogP contribution is -2.04. The molecule has 7 nitrogen and oxygen atoms in total. The summed E-state index contributed by atoms with van der Waals surface area (Å²) in [5, 5.41) is 17.0. The van der Waals surface area contributed by atoms with Crippen LogP contribution in [0.2, 0.25) is 0 Å². The minimum atomic E-state index is -3.43. The highest BCUT2D eigenvalue weighted by atomic mass is 32.2. The van der Waals surface area contributed by atoms with E-state index in [1.165, 1.54) is 31.3 Å². The van der Waals surface area contributed by atoms with Crippen LogP contribution in [0.1, 0.15) is 6.92 Å². The molecular weight excluding hydrogens is 270 g/mol. The summed E-state index contributed by atoms with van der Waals surface area (Å²) in [6.45, 7) is 1.53. The molecule has 1 aromatic carbocycles. The molecule has 0 saturated carbocycles. The first-order valence-corrected chi connectivity index (χ1v) is 7.12. The molecule has 2 rings (SSSR count). The number of hydrogen-bond acceptors (Lipinski definition) is 5. The zero-order chi connectivity index (χ0) is 14.0. The zero-order valence-electron chi connectivity index (χ0n) is 10.0. The van der Waals surface area contributed by atoms with Crippen LogP contribution in [-0.2, 0) is 9.84 Å². The summed E-state index contributed by atoms with van der Waals surface area (Å²) >= 11 is 0. The summed E-state index contributed by atoms with van der Waals surface area (Å²) < 4.78 is 23.8. The lowest BCUT2D eigenvalue weighted by molar-refractivity contribution is -0.384. The van der Waals surface area contributed by atoms with E-state index in [4.69, 9.17) is 0 Å². The molecule has 1 heterocycles. The van der Waals surface area contributed by atoms with Crippen molar-refractivity contribution in [3.8, 4) is 11.3 Å². The van der Waals surface area contributed by atoms with Crippen LogP contribution in [0.25, 0.3) is 11.3 Å². The second-order valence-corrected chi connectivity index (χ2v) is 6.07. The predicted molar refractivity (Wildman–Crippen MR) is 68.4 cm³/mol. The Kier molecular flexibility index (Phi) is 3.34. The number of hydrogen-bond donors (Lipinski definition) is 1. The van der Waals surface area contributed by atoms with Crippen molar-refractivity contribution in [2.45, 2.75) is 11.8 Å². The minimum absolute atomic E-state index is 0.0514. The third-order valence-corrected chi connectivity index (χ3v) is 4.41. The van der Waals surface area contributed by atoms with Crippen LogP contribution < -0.4 is 0 Å². The van der Waals surface area contributed by atoms with Crippen LogP contribution >= 0.6 is 0 Å². The first-order valence-electron chi connectivity index (χ1n) is 5.46. The van der Waals surface area contributed by atoms with Crippen LogP contribution in [0, 0.1) is 10.1 Å². The van der Waals surface area contributed by atoms with Gasteiger partial charge in [0, 0.05) is 17.7 Å². The smallest absolute Gasteiger partial charge is 0.270 e. The number of nitro groups is 1. The molecule has 0 saturated heterocycles. The van der Waals surface area contributed by atoms with Crippen molar-refractivity contribution in [1.29, 1.82) is 0 Å². The fourth-order valence-electron chi connectivity index (χ4n) is 1.65. The number of aromatic amines is 1. The van der Waals surface area contributed by atoms with Gasteiger partial charge < -0.3 is 0 Å². The number of rotatable bonds is 4. The molecule has 8 heteroatoms. The third-order valence-electron chi connectivity index (χ3n) is 2.67. The average Bonchev–Trinajstić information content (AvgIpc) is 2.89. The van der Waals surface area contributed by atoms with E-state index >= 15 is 0 Å². The zero-order valence-corrected chi connectivity index (χ0v) is 10.8. The number of H-pyrrole nitrogens is 1. The van der Waals surface area contributed by atoms with E-state index in [0.29, 0.717) is 5.56 Å². The number of benzene rings is 1. The monoisotopic (exact) mass is 281 g/mol. The maximum Gasteiger partial charge on any atom is 0.270 e. The van der Waals surface area contributed by atoms with Gasteiger partial charge in [-0.05, 0) is 0 Å². The van der Waals surface area contributed by atoms with Crippen molar-refractivity contribution < 1.29 is 13.3 Å². The van der Waals surface area contributed by atoms with Gasteiger partial charge in [0.2, 0.25) is 0 Å². The number of non-ortho nitro benzene ring substituents is 1. The Bertz CT molecular complexity index is 721. The molecule has 1 N–H and O–H groups in total. The summed E-state index contributed by atoms with van der Waals surface area (Å²) in [4.78, 5) is 10.2. The van der Waals surface area contributed by atoms with Crippen LogP contribution in [0.3, 0.4) is 0 Å². The van der Waals surface area contributed by atoms with E-state index in [9.17, 15) is 18.5 Å². The molecule has 0 unspecified atom stereocenters. The van der Waals surface area contributed by atoms with E-state index in [1.807, 2.05) is 0 Å². The number of nitro benzene ring substituents is 1. The molecule has 0 atom stereocenters. The lowest BCUT2D eigenvalue weighted by atomic mass is 10.1. The number of aromatic nitrogens is 2. The summed E-state index contributed by atoms with van der Waals surface area (Å²) in [5.41, 5.74) is 0.580. The Labute approximate surface area is 109 Å². The number of nitrogens with zero attached hydrogens (tertiary/aromatic N) is 2. The number of sulfone groups is 1. The van der Waals surface area contributed by atoms with Crippen LogP contribution in [0.15, 0.2) is 35.4 Å². The predicted octanol–water partition coefficient (Wildman–Crippen LogP) is 1.78. The van der Waals surface area contributed by atoms with Gasteiger partial charge in [-0.2, -0.15) is 5.10 Å². The molecule has 0 spiro atoms. The largest absolute Gasteiger partial charge is 0.276 e. The first-order chi connectivity index (χ1) is 8.95. The van der Waals surface area contributed by atoms with Gasteiger partial charge in [0.1, 0.15) is 4.90 Å². The maximum atomic E-state index is 11.9.